The Kier molecular flexibility index (Phi) is 6.03. The highest BCUT2D eigenvalue weighted by atomic mass is 35.5. The lowest BCUT2D eigenvalue weighted by atomic mass is 9.89. The molecule has 2 fully saturated rings. The quantitative estimate of drug-likeness (QED) is 0.784. The van der Waals surface area contributed by atoms with E-state index < -0.39 is 0 Å². The van der Waals surface area contributed by atoms with Gasteiger partial charge < -0.3 is 10.2 Å². The second kappa shape index (κ2) is 7.62. The van der Waals surface area contributed by atoms with Crippen molar-refractivity contribution in [1.82, 2.24) is 16.2 Å². The van der Waals surface area contributed by atoms with E-state index in [1.165, 1.54) is 5.56 Å². The van der Waals surface area contributed by atoms with Crippen molar-refractivity contribution in [3.63, 3.8) is 0 Å². The molecule has 1 amide bonds. The molecule has 0 bridgehead atoms. The minimum absolute atomic E-state index is 0. The number of hydrogen-bond acceptors (Lipinski definition) is 4. The molecular formula is C17H27ClN4O. The van der Waals surface area contributed by atoms with Gasteiger partial charge in [0.25, 0.3) is 0 Å². The molecule has 0 radical (unpaired) electrons. The monoisotopic (exact) mass is 338 g/mol. The molecule has 0 saturated carbocycles. The summed E-state index contributed by atoms with van der Waals surface area (Å²) >= 11 is 0. The maximum Gasteiger partial charge on any atom is 0.245 e. The number of rotatable bonds is 3. The summed E-state index contributed by atoms with van der Waals surface area (Å²) in [5.74, 6) is 0.949. The van der Waals surface area contributed by atoms with E-state index >= 15 is 0 Å². The maximum atomic E-state index is 12.8. The van der Waals surface area contributed by atoms with Gasteiger partial charge in [-0.25, -0.2) is 5.43 Å². The van der Waals surface area contributed by atoms with Gasteiger partial charge in [-0.15, -0.1) is 12.4 Å². The van der Waals surface area contributed by atoms with Gasteiger partial charge in [0.2, 0.25) is 5.91 Å². The van der Waals surface area contributed by atoms with Crippen molar-refractivity contribution in [3.8, 4) is 0 Å². The van der Waals surface area contributed by atoms with Crippen LogP contribution in [0.4, 0.5) is 5.69 Å². The van der Waals surface area contributed by atoms with Crippen LogP contribution < -0.4 is 21.1 Å². The molecule has 3 N–H and O–H groups in total. The van der Waals surface area contributed by atoms with Gasteiger partial charge in [-0.05, 0) is 36.6 Å². The van der Waals surface area contributed by atoms with Gasteiger partial charge in [0.1, 0.15) is 6.04 Å². The van der Waals surface area contributed by atoms with Gasteiger partial charge in [0, 0.05) is 31.2 Å². The van der Waals surface area contributed by atoms with Gasteiger partial charge >= 0.3 is 0 Å². The SMILES string of the molecule is CC(C)c1ccc(N(C)C(=O)C2NNC3CCNCC32)cc1.Cl. The van der Waals surface area contributed by atoms with Crippen LogP contribution in [0.15, 0.2) is 24.3 Å². The summed E-state index contributed by atoms with van der Waals surface area (Å²) in [7, 11) is 1.86. The molecule has 0 aromatic heterocycles. The summed E-state index contributed by atoms with van der Waals surface area (Å²) in [6.07, 6.45) is 1.06. The molecular weight excluding hydrogens is 312 g/mol. The van der Waals surface area contributed by atoms with Crippen molar-refractivity contribution in [2.45, 2.75) is 38.3 Å². The molecule has 2 aliphatic heterocycles. The number of anilines is 1. The average molecular weight is 339 g/mol. The van der Waals surface area contributed by atoms with E-state index in [9.17, 15) is 4.79 Å². The van der Waals surface area contributed by atoms with Crippen LogP contribution in [0.2, 0.25) is 0 Å². The Morgan fingerprint density at radius 2 is 1.91 bits per heavy atom. The second-order valence-electron chi connectivity index (χ2n) is 6.67. The van der Waals surface area contributed by atoms with Gasteiger partial charge in [-0.3, -0.25) is 10.2 Å². The Morgan fingerprint density at radius 3 is 2.57 bits per heavy atom. The van der Waals surface area contributed by atoms with E-state index in [1.54, 1.807) is 4.90 Å². The predicted molar refractivity (Wildman–Crippen MR) is 96.0 cm³/mol. The number of carbonyl (C=O) groups excluding carboxylic acids is 1. The Bertz CT molecular complexity index is 534. The third-order valence-corrected chi connectivity index (χ3v) is 4.93. The summed E-state index contributed by atoms with van der Waals surface area (Å²) in [5, 5.41) is 3.39. The fourth-order valence-corrected chi connectivity index (χ4v) is 3.38. The third kappa shape index (κ3) is 3.69. The lowest BCUT2D eigenvalue weighted by Crippen LogP contribution is -2.49. The van der Waals surface area contributed by atoms with Crippen LogP contribution in [0, 0.1) is 5.92 Å². The molecule has 5 nitrogen and oxygen atoms in total. The molecule has 23 heavy (non-hydrogen) atoms. The highest BCUT2D eigenvalue weighted by Gasteiger charge is 2.42. The molecule has 3 rings (SSSR count). The molecule has 1 aromatic rings. The number of likely N-dealkylation sites (N-methyl/N-ethyl adjacent to an activating group) is 1. The van der Waals surface area contributed by atoms with Crippen LogP contribution in [-0.4, -0.2) is 38.1 Å². The largest absolute Gasteiger partial charge is 0.316 e. The summed E-state index contributed by atoms with van der Waals surface area (Å²) in [6, 6.07) is 8.52. The van der Waals surface area contributed by atoms with E-state index in [2.05, 4.69) is 42.1 Å². The van der Waals surface area contributed by atoms with Crippen LogP contribution in [0.1, 0.15) is 31.7 Å². The van der Waals surface area contributed by atoms with Crippen molar-refractivity contribution in [1.29, 1.82) is 0 Å². The minimum Gasteiger partial charge on any atom is -0.316 e. The second-order valence-corrected chi connectivity index (χ2v) is 6.67. The van der Waals surface area contributed by atoms with Crippen LogP contribution in [0.3, 0.4) is 0 Å². The Morgan fingerprint density at radius 1 is 1.22 bits per heavy atom. The molecule has 6 heteroatoms. The van der Waals surface area contributed by atoms with E-state index in [4.69, 9.17) is 0 Å². The molecule has 3 unspecified atom stereocenters. The highest BCUT2D eigenvalue weighted by Crippen LogP contribution is 2.24. The van der Waals surface area contributed by atoms with Crippen molar-refractivity contribution >= 4 is 24.0 Å². The number of nitrogens with zero attached hydrogens (tertiary/aromatic N) is 1. The lowest BCUT2D eigenvalue weighted by molar-refractivity contribution is -0.121. The van der Waals surface area contributed by atoms with E-state index in [0.29, 0.717) is 17.9 Å². The van der Waals surface area contributed by atoms with Gasteiger partial charge in [0.15, 0.2) is 0 Å². The number of benzene rings is 1. The molecule has 1 aromatic carbocycles. The molecule has 2 heterocycles. The van der Waals surface area contributed by atoms with Gasteiger partial charge in [-0.2, -0.15) is 0 Å². The first-order chi connectivity index (χ1) is 10.6. The maximum absolute atomic E-state index is 12.8. The molecule has 2 aliphatic rings. The smallest absolute Gasteiger partial charge is 0.245 e. The number of halogens is 1. The van der Waals surface area contributed by atoms with E-state index in [-0.39, 0.29) is 24.4 Å². The van der Waals surface area contributed by atoms with Crippen LogP contribution >= 0.6 is 12.4 Å². The van der Waals surface area contributed by atoms with Crippen molar-refractivity contribution in [2.75, 3.05) is 25.0 Å². The number of amides is 1. The Balaban J connectivity index is 0.00000192. The minimum atomic E-state index is -0.160. The van der Waals surface area contributed by atoms with Gasteiger partial charge in [0.05, 0.1) is 0 Å². The first kappa shape index (κ1) is 18.2. The molecule has 0 aliphatic carbocycles. The van der Waals surface area contributed by atoms with Crippen molar-refractivity contribution in [2.24, 2.45) is 5.92 Å². The molecule has 128 valence electrons. The predicted octanol–water partition coefficient (Wildman–Crippen LogP) is 1.65. The Hall–Kier alpha value is -1.14. The number of carbonyl (C=O) groups is 1. The fourth-order valence-electron chi connectivity index (χ4n) is 3.38. The average Bonchev–Trinajstić information content (AvgIpc) is 2.97. The zero-order valence-corrected chi connectivity index (χ0v) is 14.8. The first-order valence-corrected chi connectivity index (χ1v) is 8.17. The summed E-state index contributed by atoms with van der Waals surface area (Å²) in [5.41, 5.74) is 8.72. The van der Waals surface area contributed by atoms with Crippen molar-refractivity contribution in [3.05, 3.63) is 29.8 Å². The highest BCUT2D eigenvalue weighted by molar-refractivity contribution is 5.97. The van der Waals surface area contributed by atoms with Crippen LogP contribution in [0.25, 0.3) is 0 Å². The number of nitrogens with one attached hydrogen (secondary N) is 3. The zero-order valence-electron chi connectivity index (χ0n) is 14.0. The van der Waals surface area contributed by atoms with Crippen LogP contribution in [-0.2, 0) is 4.79 Å². The van der Waals surface area contributed by atoms with Gasteiger partial charge in [-0.1, -0.05) is 26.0 Å². The van der Waals surface area contributed by atoms with E-state index in [1.807, 2.05) is 19.2 Å². The molecule has 0 spiro atoms. The van der Waals surface area contributed by atoms with E-state index in [0.717, 1.165) is 25.2 Å². The Labute approximate surface area is 144 Å². The van der Waals surface area contributed by atoms with Crippen LogP contribution in [0.5, 0.6) is 0 Å². The number of piperidine rings is 1. The summed E-state index contributed by atoms with van der Waals surface area (Å²) in [6.45, 7) is 6.26. The lowest BCUT2D eigenvalue weighted by Gasteiger charge is -2.29. The fraction of sp³-hybridized carbons (Fsp3) is 0.588. The topological polar surface area (TPSA) is 56.4 Å². The first-order valence-electron chi connectivity index (χ1n) is 8.17. The number of hydrazine groups is 1. The summed E-state index contributed by atoms with van der Waals surface area (Å²) < 4.78 is 0. The normalized spacial score (nSPS) is 26.5. The third-order valence-electron chi connectivity index (χ3n) is 4.93. The molecule has 2 saturated heterocycles. The number of fused-ring (bicyclic) bond motifs is 1. The standard InChI is InChI=1S/C17H26N4O.ClH/c1-11(2)12-4-6-13(7-5-12)21(3)17(22)16-14-10-18-9-8-15(14)19-20-16;/h4-7,11,14-16,18-20H,8-10H2,1-3H3;1H. The molecule has 3 atom stereocenters. The number of hydrogen-bond donors (Lipinski definition) is 3. The zero-order chi connectivity index (χ0) is 15.7. The summed E-state index contributed by atoms with van der Waals surface area (Å²) in [4.78, 5) is 14.6. The van der Waals surface area contributed by atoms with Crippen molar-refractivity contribution < 1.29 is 4.79 Å².